The predicted molar refractivity (Wildman–Crippen MR) is 93.3 cm³/mol. The molecular weight excluding hydrogens is 358 g/mol. The summed E-state index contributed by atoms with van der Waals surface area (Å²) in [5.74, 6) is -2.39. The number of aromatic nitrogens is 3. The normalized spacial score (nSPS) is 11.3. The molecule has 0 saturated heterocycles. The second-order valence-corrected chi connectivity index (χ2v) is 6.07. The van der Waals surface area contributed by atoms with Gasteiger partial charge in [-0.2, -0.15) is 0 Å². The third kappa shape index (κ3) is 4.03. The first-order valence-electron chi connectivity index (χ1n) is 8.28. The highest BCUT2D eigenvalue weighted by Crippen LogP contribution is 2.13. The Morgan fingerprint density at radius 2 is 2.04 bits per heavy atom. The lowest BCUT2D eigenvalue weighted by molar-refractivity contribution is 0.0528. The molecule has 2 heterocycles. The Bertz CT molecular complexity index is 1040. The number of rotatable bonds is 6. The third-order valence-corrected chi connectivity index (χ3v) is 3.91. The van der Waals surface area contributed by atoms with Crippen LogP contribution in [0.3, 0.4) is 0 Å². The summed E-state index contributed by atoms with van der Waals surface area (Å²) >= 11 is 0. The third-order valence-electron chi connectivity index (χ3n) is 3.91. The SMILES string of the molecule is CCOC(=O)c1c[nH]n2c(=O)cc(CN(C)Cc3ccc(F)c(F)c3)nc12. The van der Waals surface area contributed by atoms with Crippen molar-refractivity contribution in [3.05, 3.63) is 69.3 Å². The van der Waals surface area contributed by atoms with Crippen LogP contribution >= 0.6 is 0 Å². The fraction of sp³-hybridized carbons (Fsp3) is 0.278. The zero-order valence-corrected chi connectivity index (χ0v) is 14.8. The molecule has 27 heavy (non-hydrogen) atoms. The lowest BCUT2D eigenvalue weighted by Crippen LogP contribution is -2.22. The van der Waals surface area contributed by atoms with Gasteiger partial charge in [-0.1, -0.05) is 6.07 Å². The van der Waals surface area contributed by atoms with Crippen LogP contribution in [0.1, 0.15) is 28.5 Å². The van der Waals surface area contributed by atoms with Gasteiger partial charge in [0.15, 0.2) is 17.3 Å². The van der Waals surface area contributed by atoms with Crippen LogP contribution in [-0.2, 0) is 17.8 Å². The molecule has 9 heteroatoms. The number of ether oxygens (including phenoxy) is 1. The quantitative estimate of drug-likeness (QED) is 0.667. The fourth-order valence-electron chi connectivity index (χ4n) is 2.75. The molecule has 0 fully saturated rings. The zero-order valence-electron chi connectivity index (χ0n) is 14.8. The minimum Gasteiger partial charge on any atom is -0.462 e. The van der Waals surface area contributed by atoms with Gasteiger partial charge in [-0.15, -0.1) is 0 Å². The number of carbonyl (C=O) groups excluding carboxylic acids is 1. The van der Waals surface area contributed by atoms with E-state index in [2.05, 4.69) is 10.1 Å². The van der Waals surface area contributed by atoms with Crippen molar-refractivity contribution in [1.29, 1.82) is 0 Å². The second kappa shape index (κ2) is 7.67. The predicted octanol–water partition coefficient (Wildman–Crippen LogP) is 2.11. The Morgan fingerprint density at radius 1 is 1.26 bits per heavy atom. The van der Waals surface area contributed by atoms with E-state index in [4.69, 9.17) is 4.74 Å². The number of carbonyl (C=O) groups is 1. The molecule has 0 bridgehead atoms. The Hall–Kier alpha value is -3.07. The van der Waals surface area contributed by atoms with Crippen LogP contribution in [0.15, 0.2) is 35.3 Å². The number of aromatic amines is 1. The topological polar surface area (TPSA) is 79.7 Å². The molecule has 0 amide bonds. The van der Waals surface area contributed by atoms with E-state index in [9.17, 15) is 18.4 Å². The minimum atomic E-state index is -0.912. The maximum atomic E-state index is 13.3. The van der Waals surface area contributed by atoms with Crippen molar-refractivity contribution in [2.24, 2.45) is 0 Å². The Labute approximate surface area is 153 Å². The number of halogens is 2. The molecular formula is C18H18F2N4O3. The highest BCUT2D eigenvalue weighted by atomic mass is 19.2. The fourth-order valence-corrected chi connectivity index (χ4v) is 2.75. The molecule has 1 N–H and O–H groups in total. The van der Waals surface area contributed by atoms with E-state index in [1.807, 2.05) is 0 Å². The van der Waals surface area contributed by atoms with Crippen LogP contribution < -0.4 is 5.56 Å². The summed E-state index contributed by atoms with van der Waals surface area (Å²) in [5.41, 5.74) is 1.00. The molecule has 0 atom stereocenters. The van der Waals surface area contributed by atoms with E-state index < -0.39 is 17.6 Å². The van der Waals surface area contributed by atoms with Crippen molar-refractivity contribution < 1.29 is 18.3 Å². The molecule has 142 valence electrons. The molecule has 0 aliphatic heterocycles. The van der Waals surface area contributed by atoms with Crippen LogP contribution in [0.5, 0.6) is 0 Å². The minimum absolute atomic E-state index is 0.166. The maximum Gasteiger partial charge on any atom is 0.343 e. The van der Waals surface area contributed by atoms with Gasteiger partial charge in [0, 0.05) is 25.4 Å². The molecule has 3 rings (SSSR count). The number of hydrogen-bond donors (Lipinski definition) is 1. The van der Waals surface area contributed by atoms with Gasteiger partial charge in [-0.25, -0.2) is 23.1 Å². The number of benzene rings is 1. The zero-order chi connectivity index (χ0) is 19.6. The lowest BCUT2D eigenvalue weighted by Gasteiger charge is -2.16. The molecule has 0 aliphatic carbocycles. The Balaban J connectivity index is 1.83. The van der Waals surface area contributed by atoms with E-state index >= 15 is 0 Å². The van der Waals surface area contributed by atoms with Crippen molar-refractivity contribution in [1.82, 2.24) is 19.5 Å². The van der Waals surface area contributed by atoms with Crippen molar-refractivity contribution in [2.45, 2.75) is 20.0 Å². The smallest absolute Gasteiger partial charge is 0.343 e. The first-order chi connectivity index (χ1) is 12.9. The molecule has 0 radical (unpaired) electrons. The molecule has 0 aliphatic rings. The summed E-state index contributed by atoms with van der Waals surface area (Å²) in [6, 6.07) is 5.04. The van der Waals surface area contributed by atoms with Gasteiger partial charge < -0.3 is 4.74 Å². The average molecular weight is 376 g/mol. The van der Waals surface area contributed by atoms with Crippen molar-refractivity contribution in [3.63, 3.8) is 0 Å². The van der Waals surface area contributed by atoms with Crippen LogP contribution in [0.4, 0.5) is 8.78 Å². The van der Waals surface area contributed by atoms with Crippen LogP contribution in [-0.4, -0.2) is 39.1 Å². The first-order valence-corrected chi connectivity index (χ1v) is 8.28. The molecule has 0 saturated carbocycles. The van der Waals surface area contributed by atoms with Gasteiger partial charge >= 0.3 is 5.97 Å². The number of H-pyrrole nitrogens is 1. The van der Waals surface area contributed by atoms with E-state index in [-0.39, 0.29) is 29.9 Å². The Kier molecular flexibility index (Phi) is 5.31. The molecule has 7 nitrogen and oxygen atoms in total. The van der Waals surface area contributed by atoms with E-state index in [0.717, 1.165) is 16.6 Å². The van der Waals surface area contributed by atoms with Gasteiger partial charge in [-0.05, 0) is 31.7 Å². The van der Waals surface area contributed by atoms with Gasteiger partial charge in [0.1, 0.15) is 5.56 Å². The maximum absolute atomic E-state index is 13.3. The Morgan fingerprint density at radius 3 is 2.74 bits per heavy atom. The molecule has 2 aromatic heterocycles. The number of esters is 1. The molecule has 0 unspecified atom stereocenters. The van der Waals surface area contributed by atoms with Gasteiger partial charge in [0.2, 0.25) is 0 Å². The van der Waals surface area contributed by atoms with Crippen molar-refractivity contribution in [2.75, 3.05) is 13.7 Å². The standard InChI is InChI=1S/C18H18F2N4O3/c1-3-27-18(26)13-8-21-24-16(25)7-12(22-17(13)24)10-23(2)9-11-4-5-14(19)15(20)6-11/h4-8,21H,3,9-10H2,1-2H3. The molecule has 1 aromatic carbocycles. The van der Waals surface area contributed by atoms with E-state index in [1.165, 1.54) is 18.3 Å². The lowest BCUT2D eigenvalue weighted by atomic mass is 10.2. The van der Waals surface area contributed by atoms with E-state index in [0.29, 0.717) is 17.8 Å². The average Bonchev–Trinajstić information content (AvgIpc) is 3.03. The highest BCUT2D eigenvalue weighted by molar-refractivity contribution is 5.95. The monoisotopic (exact) mass is 376 g/mol. The number of hydrogen-bond acceptors (Lipinski definition) is 5. The van der Waals surface area contributed by atoms with Gasteiger partial charge in [0.05, 0.1) is 12.3 Å². The molecule has 3 aromatic rings. The highest BCUT2D eigenvalue weighted by Gasteiger charge is 2.17. The van der Waals surface area contributed by atoms with Crippen molar-refractivity contribution >= 4 is 11.6 Å². The summed E-state index contributed by atoms with van der Waals surface area (Å²) < 4.78 is 32.5. The van der Waals surface area contributed by atoms with Crippen molar-refractivity contribution in [3.8, 4) is 0 Å². The largest absolute Gasteiger partial charge is 0.462 e. The van der Waals surface area contributed by atoms with E-state index in [1.54, 1.807) is 18.9 Å². The van der Waals surface area contributed by atoms with Crippen LogP contribution in [0.25, 0.3) is 5.65 Å². The summed E-state index contributed by atoms with van der Waals surface area (Å²) in [4.78, 5) is 30.4. The number of nitrogens with zero attached hydrogens (tertiary/aromatic N) is 3. The summed E-state index contributed by atoms with van der Waals surface area (Å²) in [6.45, 7) is 2.50. The summed E-state index contributed by atoms with van der Waals surface area (Å²) in [5, 5.41) is 2.68. The second-order valence-electron chi connectivity index (χ2n) is 6.07. The number of nitrogens with one attached hydrogen (secondary N) is 1. The van der Waals surface area contributed by atoms with Gasteiger partial charge in [-0.3, -0.25) is 14.8 Å². The summed E-state index contributed by atoms with van der Waals surface area (Å²) in [6.07, 6.45) is 1.37. The first kappa shape index (κ1) is 18.7. The number of fused-ring (bicyclic) bond motifs is 1. The molecule has 0 spiro atoms. The summed E-state index contributed by atoms with van der Waals surface area (Å²) in [7, 11) is 1.76. The van der Waals surface area contributed by atoms with Crippen LogP contribution in [0, 0.1) is 11.6 Å². The van der Waals surface area contributed by atoms with Crippen LogP contribution in [0.2, 0.25) is 0 Å². The van der Waals surface area contributed by atoms with Gasteiger partial charge in [0.25, 0.3) is 5.56 Å².